The minimum Gasteiger partial charge on any atom is -0.324 e. The number of nitrogens with zero attached hydrogens (tertiary/aromatic N) is 8. The van der Waals surface area contributed by atoms with Crippen LogP contribution in [0.25, 0.3) is 27.9 Å². The lowest BCUT2D eigenvalue weighted by molar-refractivity contribution is -0.117. The molecule has 194 valence electrons. The van der Waals surface area contributed by atoms with Crippen LogP contribution in [0.5, 0.6) is 0 Å². The topological polar surface area (TPSA) is 216 Å². The van der Waals surface area contributed by atoms with E-state index >= 15 is 0 Å². The Labute approximate surface area is 222 Å². The number of para-hydroxylation sites is 1. The number of hydrogen-bond donors (Lipinski definition) is 4. The summed E-state index contributed by atoms with van der Waals surface area (Å²) >= 11 is 0. The maximum Gasteiger partial charge on any atom is 0.323 e. The van der Waals surface area contributed by atoms with Gasteiger partial charge in [0.25, 0.3) is 17.4 Å². The fourth-order valence-corrected chi connectivity index (χ4v) is 3.96. The molecule has 15 nitrogen and oxygen atoms in total. The summed E-state index contributed by atoms with van der Waals surface area (Å²) in [7, 11) is 0. The van der Waals surface area contributed by atoms with E-state index < -0.39 is 23.2 Å². The van der Waals surface area contributed by atoms with Gasteiger partial charge in [0.1, 0.15) is 17.5 Å². The molecule has 0 aliphatic rings. The van der Waals surface area contributed by atoms with Gasteiger partial charge in [0, 0.05) is 18.1 Å². The Kier molecular flexibility index (Phi) is 5.94. The Bertz CT molecular complexity index is 2080. The monoisotopic (exact) mass is 532 g/mol. The lowest BCUT2D eigenvalue weighted by Gasteiger charge is -2.12. The first-order valence-electron chi connectivity index (χ1n) is 11.7. The second-order valence-corrected chi connectivity index (χ2v) is 8.37. The second kappa shape index (κ2) is 9.87. The summed E-state index contributed by atoms with van der Waals surface area (Å²) in [4.78, 5) is 58.5. The van der Waals surface area contributed by atoms with Crippen molar-refractivity contribution in [3.05, 3.63) is 99.3 Å². The van der Waals surface area contributed by atoms with Gasteiger partial charge < -0.3 is 20.3 Å². The molecule has 0 bridgehead atoms. The molecule has 15 heteroatoms. The molecule has 6 aromatic rings. The maximum atomic E-state index is 13.6. The van der Waals surface area contributed by atoms with Crippen molar-refractivity contribution in [1.82, 2.24) is 39.7 Å². The number of carbonyl (C=O) groups excluding carboxylic acids is 1. The molecule has 1 amide bonds. The molecule has 0 fully saturated rings. The molecule has 4 aromatic heterocycles. The Balaban J connectivity index is 1.43. The van der Waals surface area contributed by atoms with Crippen LogP contribution in [-0.4, -0.2) is 45.6 Å². The van der Waals surface area contributed by atoms with Gasteiger partial charge in [-0.2, -0.15) is 20.2 Å². The predicted molar refractivity (Wildman–Crippen MR) is 141 cm³/mol. The number of imidazole rings is 1. The smallest absolute Gasteiger partial charge is 0.323 e. The zero-order chi connectivity index (χ0) is 27.6. The maximum absolute atomic E-state index is 13.6. The number of aromatic nitrogens is 8. The molecule has 1 atom stereocenters. The van der Waals surface area contributed by atoms with Crippen LogP contribution in [0, 0.1) is 11.3 Å². The molecular formula is C25H16N12O3. The number of hydrogen-bond acceptors (Lipinski definition) is 10. The summed E-state index contributed by atoms with van der Waals surface area (Å²) in [5, 5.41) is 25.1. The number of benzene rings is 2. The minimum absolute atomic E-state index is 0.0269. The van der Waals surface area contributed by atoms with Crippen LogP contribution >= 0.6 is 0 Å². The van der Waals surface area contributed by atoms with Crippen LogP contribution in [0.4, 0.5) is 11.5 Å². The van der Waals surface area contributed by atoms with E-state index in [1.807, 2.05) is 6.07 Å². The van der Waals surface area contributed by atoms with Crippen molar-refractivity contribution in [3.8, 4) is 12.0 Å². The molecule has 0 radical (unpaired) electrons. The van der Waals surface area contributed by atoms with Gasteiger partial charge in [0.2, 0.25) is 6.04 Å². The van der Waals surface area contributed by atoms with Gasteiger partial charge in [0.05, 0.1) is 28.1 Å². The molecule has 1 unspecified atom stereocenters. The molecule has 6 rings (SSSR count). The Hall–Kier alpha value is -6.30. The van der Waals surface area contributed by atoms with E-state index in [2.05, 4.69) is 50.5 Å². The average molecular weight is 532 g/mol. The second-order valence-electron chi connectivity index (χ2n) is 8.37. The number of fused-ring (bicyclic) bond motifs is 2. The molecule has 0 spiro atoms. The number of nitriles is 1. The summed E-state index contributed by atoms with van der Waals surface area (Å²) < 4.78 is 1.20. The number of anilines is 1. The predicted octanol–water partition coefficient (Wildman–Crippen LogP) is 2.40. The lowest BCUT2D eigenvalue weighted by Crippen LogP contribution is -2.24. The fourth-order valence-electron chi connectivity index (χ4n) is 3.96. The van der Waals surface area contributed by atoms with E-state index in [-0.39, 0.29) is 23.2 Å². The van der Waals surface area contributed by atoms with Crippen molar-refractivity contribution in [2.24, 2.45) is 10.2 Å². The third-order valence-corrected chi connectivity index (χ3v) is 5.80. The van der Waals surface area contributed by atoms with Crippen LogP contribution in [0.3, 0.4) is 0 Å². The van der Waals surface area contributed by atoms with E-state index in [9.17, 15) is 19.6 Å². The molecule has 2 aromatic carbocycles. The molecule has 40 heavy (non-hydrogen) atoms. The number of azo groups is 1. The van der Waals surface area contributed by atoms with Gasteiger partial charge >= 0.3 is 5.69 Å². The van der Waals surface area contributed by atoms with E-state index in [1.165, 1.54) is 23.3 Å². The van der Waals surface area contributed by atoms with Gasteiger partial charge in [-0.1, -0.05) is 12.1 Å². The minimum atomic E-state index is -1.45. The van der Waals surface area contributed by atoms with Crippen molar-refractivity contribution in [2.45, 2.75) is 6.04 Å². The SMILES string of the molecule is N#Cc1cnn(-c2ncccn2)c1N=NC(C(=O)Nc1ccc2[nH]c(=O)[nH]c2c1)c1nc2ccccc2c(=O)[nH]1. The number of nitrogens with one attached hydrogen (secondary N) is 4. The highest BCUT2D eigenvalue weighted by Gasteiger charge is 2.25. The van der Waals surface area contributed by atoms with Gasteiger partial charge in [0.15, 0.2) is 5.82 Å². The van der Waals surface area contributed by atoms with Gasteiger partial charge in [-0.05, 0) is 36.4 Å². The first-order valence-corrected chi connectivity index (χ1v) is 11.7. The summed E-state index contributed by atoms with van der Waals surface area (Å²) in [6.45, 7) is 0. The molecule has 0 saturated carbocycles. The van der Waals surface area contributed by atoms with E-state index in [4.69, 9.17) is 0 Å². The van der Waals surface area contributed by atoms with Crippen LogP contribution in [-0.2, 0) is 4.79 Å². The molecule has 0 aliphatic carbocycles. The highest BCUT2D eigenvalue weighted by Crippen LogP contribution is 2.25. The van der Waals surface area contributed by atoms with Crippen molar-refractivity contribution < 1.29 is 4.79 Å². The van der Waals surface area contributed by atoms with Gasteiger partial charge in [-0.25, -0.2) is 19.7 Å². The zero-order valence-electron chi connectivity index (χ0n) is 20.2. The quantitative estimate of drug-likeness (QED) is 0.233. The van der Waals surface area contributed by atoms with E-state index in [0.717, 1.165) is 0 Å². The summed E-state index contributed by atoms with van der Waals surface area (Å²) in [5.41, 5.74) is 0.911. The Morgan fingerprint density at radius 1 is 1.02 bits per heavy atom. The lowest BCUT2D eigenvalue weighted by atomic mass is 10.2. The molecule has 4 heterocycles. The molecule has 4 N–H and O–H groups in total. The Morgan fingerprint density at radius 3 is 2.65 bits per heavy atom. The Morgan fingerprint density at radius 2 is 1.82 bits per heavy atom. The van der Waals surface area contributed by atoms with E-state index in [1.54, 1.807) is 48.5 Å². The normalized spacial score (nSPS) is 12.1. The van der Waals surface area contributed by atoms with Crippen LogP contribution < -0.4 is 16.6 Å². The first kappa shape index (κ1) is 24.1. The molecule has 0 aliphatic heterocycles. The molecule has 0 saturated heterocycles. The third kappa shape index (κ3) is 4.48. The molecular weight excluding hydrogens is 516 g/mol. The summed E-state index contributed by atoms with van der Waals surface area (Å²) in [6.07, 6.45) is 4.25. The standard InChI is InChI=1S/C25H16N12O3/c26-11-13-12-29-37(24-27-8-3-9-28-24)21(13)36-35-19(20-31-16-5-2-1-4-15(16)22(38)34-20)23(39)30-14-6-7-17-18(10-14)33-25(40)32-17/h1-10,12,19H,(H,30,39)(H,31,34,38)(H2,32,33,40). The van der Waals surface area contributed by atoms with Crippen molar-refractivity contribution in [3.63, 3.8) is 0 Å². The van der Waals surface area contributed by atoms with Gasteiger partial charge in [-0.15, -0.1) is 5.11 Å². The van der Waals surface area contributed by atoms with Crippen LogP contribution in [0.15, 0.2) is 86.9 Å². The zero-order valence-corrected chi connectivity index (χ0v) is 20.2. The van der Waals surface area contributed by atoms with Gasteiger partial charge in [-0.3, -0.25) is 9.59 Å². The summed E-state index contributed by atoms with van der Waals surface area (Å²) in [6, 6.07) is 13.5. The summed E-state index contributed by atoms with van der Waals surface area (Å²) in [5.74, 6) is -0.674. The largest absolute Gasteiger partial charge is 0.324 e. The van der Waals surface area contributed by atoms with Crippen LogP contribution in [0.2, 0.25) is 0 Å². The van der Waals surface area contributed by atoms with Crippen molar-refractivity contribution in [1.29, 1.82) is 5.26 Å². The van der Waals surface area contributed by atoms with Crippen molar-refractivity contribution in [2.75, 3.05) is 5.32 Å². The number of rotatable bonds is 6. The van der Waals surface area contributed by atoms with Crippen LogP contribution in [0.1, 0.15) is 17.4 Å². The number of carbonyl (C=O) groups is 1. The number of H-pyrrole nitrogens is 3. The highest BCUT2D eigenvalue weighted by atomic mass is 16.2. The number of aromatic amines is 3. The average Bonchev–Trinajstić information content (AvgIpc) is 3.55. The third-order valence-electron chi connectivity index (χ3n) is 5.80. The number of amides is 1. The van der Waals surface area contributed by atoms with E-state index in [0.29, 0.717) is 27.6 Å². The first-order chi connectivity index (χ1) is 19.5. The fraction of sp³-hybridized carbons (Fsp3) is 0.0400. The van der Waals surface area contributed by atoms with Crippen molar-refractivity contribution >= 4 is 39.3 Å². The highest BCUT2D eigenvalue weighted by molar-refractivity contribution is 5.97.